The lowest BCUT2D eigenvalue weighted by atomic mass is 10.2. The number of pyridine rings is 1. The second kappa shape index (κ2) is 5.11. The lowest BCUT2D eigenvalue weighted by Gasteiger charge is -2.04. The van der Waals surface area contributed by atoms with E-state index in [9.17, 15) is 9.59 Å². The number of nitrogens with zero attached hydrogens (tertiary/aromatic N) is 1. The van der Waals surface area contributed by atoms with Crippen LogP contribution in [0, 0.1) is 0 Å². The Morgan fingerprint density at radius 1 is 1.59 bits per heavy atom. The number of hydrogen-bond donors (Lipinski definition) is 2. The van der Waals surface area contributed by atoms with E-state index < -0.39 is 0 Å². The van der Waals surface area contributed by atoms with E-state index in [1.54, 1.807) is 17.5 Å². The molecule has 0 fully saturated rings. The normalized spacial score (nSPS) is 10.2. The van der Waals surface area contributed by atoms with Gasteiger partial charge in [-0.25, -0.2) is 4.98 Å². The summed E-state index contributed by atoms with van der Waals surface area (Å²) in [6.45, 7) is 0.253. The van der Waals surface area contributed by atoms with Gasteiger partial charge in [-0.1, -0.05) is 22.9 Å². The van der Waals surface area contributed by atoms with Crippen LogP contribution in [0.5, 0.6) is 0 Å². The molecule has 2 N–H and O–H groups in total. The van der Waals surface area contributed by atoms with Crippen LogP contribution in [-0.2, 0) is 6.54 Å². The van der Waals surface area contributed by atoms with Gasteiger partial charge in [-0.3, -0.25) is 9.59 Å². The Balaban J connectivity index is 2.03. The lowest BCUT2D eigenvalue weighted by molar-refractivity contribution is 0.0950. The van der Waals surface area contributed by atoms with Crippen molar-refractivity contribution in [3.8, 4) is 0 Å². The van der Waals surface area contributed by atoms with Crippen LogP contribution in [0.4, 0.5) is 0 Å². The van der Waals surface area contributed by atoms with Crippen molar-refractivity contribution >= 4 is 28.8 Å². The number of halogens is 1. The van der Waals surface area contributed by atoms with Gasteiger partial charge in [-0.2, -0.15) is 0 Å². The molecule has 0 saturated carbocycles. The third-order valence-electron chi connectivity index (χ3n) is 2.01. The van der Waals surface area contributed by atoms with E-state index in [0.717, 1.165) is 11.3 Å². The van der Waals surface area contributed by atoms with E-state index in [2.05, 4.69) is 15.3 Å². The molecule has 0 atom stereocenters. The van der Waals surface area contributed by atoms with Crippen molar-refractivity contribution in [3.63, 3.8) is 0 Å². The summed E-state index contributed by atoms with van der Waals surface area (Å²) in [7, 11) is 0. The van der Waals surface area contributed by atoms with Crippen LogP contribution in [0.2, 0.25) is 5.15 Å². The first-order valence-corrected chi connectivity index (χ1v) is 5.98. The van der Waals surface area contributed by atoms with Gasteiger partial charge in [0.1, 0.15) is 5.15 Å². The molecule has 7 heteroatoms. The van der Waals surface area contributed by atoms with Gasteiger partial charge in [-0.15, -0.1) is 0 Å². The average Bonchev–Trinajstić information content (AvgIpc) is 2.73. The summed E-state index contributed by atoms with van der Waals surface area (Å²) in [4.78, 5) is 28.9. The quantitative estimate of drug-likeness (QED) is 0.828. The average molecular weight is 270 g/mol. The van der Waals surface area contributed by atoms with Crippen LogP contribution in [0.25, 0.3) is 0 Å². The summed E-state index contributed by atoms with van der Waals surface area (Å²) >= 11 is 6.83. The van der Waals surface area contributed by atoms with Gasteiger partial charge in [0.05, 0.1) is 12.1 Å². The number of thiazole rings is 1. The molecule has 0 unspecified atom stereocenters. The Bertz CT molecular complexity index is 593. The van der Waals surface area contributed by atoms with E-state index in [-0.39, 0.29) is 22.5 Å². The van der Waals surface area contributed by atoms with E-state index >= 15 is 0 Å². The van der Waals surface area contributed by atoms with E-state index in [1.165, 1.54) is 6.20 Å². The van der Waals surface area contributed by atoms with Crippen molar-refractivity contribution in [2.24, 2.45) is 0 Å². The number of H-pyrrole nitrogens is 1. The molecule has 88 valence electrons. The standard InChI is InChI=1S/C10H8ClN3O2S/c11-8-7(2-1-3-12-8)9(15)13-4-6-5-17-10(16)14-6/h1-3,5H,4H2,(H,13,15)(H,14,16). The Labute approximate surface area is 105 Å². The first-order chi connectivity index (χ1) is 8.16. The number of nitrogens with one attached hydrogen (secondary N) is 2. The van der Waals surface area contributed by atoms with Crippen LogP contribution >= 0.6 is 22.9 Å². The Morgan fingerprint density at radius 3 is 3.06 bits per heavy atom. The molecule has 2 rings (SSSR count). The molecule has 0 radical (unpaired) electrons. The molecule has 1 amide bonds. The van der Waals surface area contributed by atoms with Crippen LogP contribution in [0.1, 0.15) is 16.1 Å². The predicted molar refractivity (Wildman–Crippen MR) is 65.4 cm³/mol. The molecule has 0 aliphatic carbocycles. The minimum atomic E-state index is -0.324. The topological polar surface area (TPSA) is 74.8 Å². The molecule has 5 nitrogen and oxygen atoms in total. The number of carbonyl (C=O) groups is 1. The molecule has 0 saturated heterocycles. The van der Waals surface area contributed by atoms with Crippen LogP contribution in [0.15, 0.2) is 28.5 Å². The van der Waals surface area contributed by atoms with Crippen molar-refractivity contribution in [2.75, 3.05) is 0 Å². The number of aromatic amines is 1. The second-order valence-corrected chi connectivity index (χ2v) is 4.40. The third-order valence-corrected chi connectivity index (χ3v) is 3.03. The second-order valence-electron chi connectivity index (χ2n) is 3.20. The van der Waals surface area contributed by atoms with Gasteiger partial charge in [0.15, 0.2) is 0 Å². The zero-order valence-corrected chi connectivity index (χ0v) is 10.1. The monoisotopic (exact) mass is 269 g/mol. The van der Waals surface area contributed by atoms with Gasteiger partial charge >= 0.3 is 4.87 Å². The maximum absolute atomic E-state index is 11.7. The maximum atomic E-state index is 11.7. The van der Waals surface area contributed by atoms with Crippen molar-refractivity contribution in [1.82, 2.24) is 15.3 Å². The summed E-state index contributed by atoms with van der Waals surface area (Å²) in [6, 6.07) is 3.22. The number of rotatable bonds is 3. The molecule has 0 bridgehead atoms. The molecule has 0 aliphatic heterocycles. The number of carbonyl (C=O) groups excluding carboxylic acids is 1. The molecule has 2 heterocycles. The zero-order valence-electron chi connectivity index (χ0n) is 8.57. The first kappa shape index (κ1) is 11.8. The summed E-state index contributed by atoms with van der Waals surface area (Å²) in [5, 5.41) is 4.46. The highest BCUT2D eigenvalue weighted by Crippen LogP contribution is 2.11. The van der Waals surface area contributed by atoms with E-state index in [0.29, 0.717) is 11.3 Å². The minimum Gasteiger partial charge on any atom is -0.346 e. The lowest BCUT2D eigenvalue weighted by Crippen LogP contribution is -2.23. The highest BCUT2D eigenvalue weighted by Gasteiger charge is 2.10. The van der Waals surface area contributed by atoms with E-state index in [1.807, 2.05) is 0 Å². The van der Waals surface area contributed by atoms with E-state index in [4.69, 9.17) is 11.6 Å². The van der Waals surface area contributed by atoms with Crippen molar-refractivity contribution < 1.29 is 4.79 Å². The summed E-state index contributed by atoms with van der Waals surface area (Å²) in [5.41, 5.74) is 0.972. The summed E-state index contributed by atoms with van der Waals surface area (Å²) in [5.74, 6) is -0.324. The predicted octanol–water partition coefficient (Wildman–Crippen LogP) is 1.41. The summed E-state index contributed by atoms with van der Waals surface area (Å²) < 4.78 is 0. The Kier molecular flexibility index (Phi) is 3.55. The third kappa shape index (κ3) is 2.92. The maximum Gasteiger partial charge on any atom is 0.304 e. The molecular formula is C10H8ClN3O2S. The smallest absolute Gasteiger partial charge is 0.304 e. The fourth-order valence-electron chi connectivity index (χ4n) is 1.23. The fourth-order valence-corrected chi connectivity index (χ4v) is 2.01. The molecule has 0 aromatic carbocycles. The molecule has 0 aliphatic rings. The number of aromatic nitrogens is 2. The summed E-state index contributed by atoms with van der Waals surface area (Å²) in [6.07, 6.45) is 1.51. The molecule has 17 heavy (non-hydrogen) atoms. The van der Waals surface area contributed by atoms with Crippen molar-refractivity contribution in [2.45, 2.75) is 6.54 Å². The fraction of sp³-hybridized carbons (Fsp3) is 0.100. The SMILES string of the molecule is O=C(NCc1csc(=O)[nH]1)c1cccnc1Cl. The highest BCUT2D eigenvalue weighted by atomic mass is 35.5. The zero-order chi connectivity index (χ0) is 12.3. The highest BCUT2D eigenvalue weighted by molar-refractivity contribution is 7.07. The molecule has 2 aromatic rings. The van der Waals surface area contributed by atoms with Crippen LogP contribution < -0.4 is 10.2 Å². The molecule has 2 aromatic heterocycles. The van der Waals surface area contributed by atoms with Crippen LogP contribution in [-0.4, -0.2) is 15.9 Å². The number of hydrogen-bond acceptors (Lipinski definition) is 4. The first-order valence-electron chi connectivity index (χ1n) is 4.72. The number of amides is 1. The molecular weight excluding hydrogens is 262 g/mol. The van der Waals surface area contributed by atoms with Gasteiger partial charge in [0.2, 0.25) is 0 Å². The van der Waals surface area contributed by atoms with Gasteiger partial charge in [0.25, 0.3) is 5.91 Å². The largest absolute Gasteiger partial charge is 0.346 e. The minimum absolute atomic E-state index is 0.145. The van der Waals surface area contributed by atoms with Gasteiger partial charge in [-0.05, 0) is 12.1 Å². The Hall–Kier alpha value is -1.66. The van der Waals surface area contributed by atoms with Gasteiger partial charge in [0, 0.05) is 17.3 Å². The van der Waals surface area contributed by atoms with Crippen molar-refractivity contribution in [3.05, 3.63) is 49.8 Å². The van der Waals surface area contributed by atoms with Crippen molar-refractivity contribution in [1.29, 1.82) is 0 Å². The van der Waals surface area contributed by atoms with Crippen LogP contribution in [0.3, 0.4) is 0 Å². The molecule has 0 spiro atoms. The Morgan fingerprint density at radius 2 is 2.41 bits per heavy atom. The van der Waals surface area contributed by atoms with Gasteiger partial charge < -0.3 is 10.3 Å².